The summed E-state index contributed by atoms with van der Waals surface area (Å²) in [6.45, 7) is 6.67. The molecule has 3 rings (SSSR count). The average molecular weight is 414 g/mol. The number of hydrogen-bond donors (Lipinski definition) is 0. The first-order valence-corrected chi connectivity index (χ1v) is 13.4. The average Bonchev–Trinajstić information content (AvgIpc) is 2.67. The van der Waals surface area contributed by atoms with Gasteiger partial charge in [-0.3, -0.25) is 8.24 Å². The molecule has 0 spiro atoms. The first kappa shape index (κ1) is 23.6. The Morgan fingerprint density at radius 3 is 1.52 bits per heavy atom. The Balaban J connectivity index is 0.00000300. The zero-order valence-corrected chi connectivity index (χ0v) is 19.8. The van der Waals surface area contributed by atoms with Gasteiger partial charge in [-0.25, -0.2) is 0 Å². The third-order valence-electron chi connectivity index (χ3n) is 4.94. The summed E-state index contributed by atoms with van der Waals surface area (Å²) >= 11 is 0. The van der Waals surface area contributed by atoms with Gasteiger partial charge in [0, 0.05) is 16.0 Å². The predicted octanol–water partition coefficient (Wildman–Crippen LogP) is 1.86. The quantitative estimate of drug-likeness (QED) is 0.464. The molecule has 29 heavy (non-hydrogen) atoms. The molecule has 0 amide bonds. The van der Waals surface area contributed by atoms with Crippen LogP contribution in [-0.2, 0) is 9.73 Å². The first-order valence-electron chi connectivity index (χ1n) is 9.49. The summed E-state index contributed by atoms with van der Waals surface area (Å²) in [7, 11) is -5.28. The second kappa shape index (κ2) is 9.40. The topological polar surface area (TPSA) is 29.4 Å². The molecule has 0 aliphatic heterocycles. The molecule has 3 aromatic carbocycles. The van der Waals surface area contributed by atoms with E-state index in [1.165, 1.54) is 10.4 Å². The van der Waals surface area contributed by atoms with Crippen LogP contribution in [0.4, 0.5) is 0 Å². The van der Waals surface area contributed by atoms with Crippen molar-refractivity contribution in [1.82, 2.24) is 0 Å². The van der Waals surface area contributed by atoms with Gasteiger partial charge in [-0.05, 0) is 15.4 Å². The zero-order chi connectivity index (χ0) is 20.3. The molecule has 0 aromatic heterocycles. The van der Waals surface area contributed by atoms with Crippen LogP contribution in [0.25, 0.3) is 0 Å². The van der Waals surface area contributed by atoms with Gasteiger partial charge >= 0.3 is 18.9 Å². The molecule has 0 radical (unpaired) electrons. The van der Waals surface area contributed by atoms with Crippen LogP contribution in [0.2, 0.25) is 5.04 Å². The predicted molar refractivity (Wildman–Crippen MR) is 124 cm³/mol. The van der Waals surface area contributed by atoms with Crippen LogP contribution < -0.4 is 29.2 Å². The molecule has 0 aliphatic rings. The maximum absolute atomic E-state index is 13.8. The molecule has 146 valence electrons. The Labute approximate surface area is 189 Å². The fourth-order valence-electron chi connectivity index (χ4n) is 3.72. The second-order valence-corrected chi connectivity index (χ2v) is 14.9. The number of rotatable bonds is 5. The molecule has 1 atom stereocenters. The third-order valence-corrected chi connectivity index (χ3v) is 12.7. The second-order valence-electron chi connectivity index (χ2n) is 8.17. The van der Waals surface area contributed by atoms with E-state index in [4.69, 9.17) is 4.03 Å². The van der Waals surface area contributed by atoms with Crippen molar-refractivity contribution in [2.45, 2.75) is 25.8 Å². The van der Waals surface area contributed by atoms with Crippen LogP contribution in [0, 0.1) is 5.75 Å². The summed E-state index contributed by atoms with van der Waals surface area (Å²) in [5.74, 6) is 1.83. The first-order chi connectivity index (χ1) is 13.2. The van der Waals surface area contributed by atoms with Gasteiger partial charge in [0.2, 0.25) is 0 Å². The van der Waals surface area contributed by atoms with Crippen molar-refractivity contribution >= 4 is 28.3 Å². The summed E-state index contributed by atoms with van der Waals surface area (Å²) in [6.07, 6.45) is 1.76. The van der Waals surface area contributed by atoms with Gasteiger partial charge in [-0.15, -0.1) is 12.1 Å². The normalized spacial score (nSPS) is 13.7. The fourth-order valence-corrected chi connectivity index (χ4v) is 12.1. The van der Waals surface area contributed by atoms with E-state index in [-0.39, 0.29) is 23.9 Å². The number of hydrogen-bond acceptors (Lipinski definition) is 2. The molecule has 3 aromatic rings. The van der Waals surface area contributed by atoms with Crippen molar-refractivity contribution in [2.75, 3.05) is 6.26 Å². The Morgan fingerprint density at radius 1 is 0.759 bits per heavy atom. The Kier molecular flexibility index (Phi) is 7.64. The standard InChI is InChI=1S/C24H28NOSSi.Li/c1-24(2,3)28(22-16-10-6-11-17-22,23-18-12-7-13-19-23)25-27(4,26)20-21-14-8-5-9-15-21;/h5-20H,1-4H3;/q-1;+1/t27-;/m1./s1. The molecule has 0 unspecified atom stereocenters. The molecule has 0 N–H and O–H groups in total. The van der Waals surface area contributed by atoms with Gasteiger partial charge in [0.05, 0.1) is 0 Å². The van der Waals surface area contributed by atoms with Crippen LogP contribution in [0.1, 0.15) is 26.3 Å². The van der Waals surface area contributed by atoms with Crippen LogP contribution in [0.3, 0.4) is 0 Å². The van der Waals surface area contributed by atoms with Crippen LogP contribution >= 0.6 is 0 Å². The molecule has 0 aliphatic carbocycles. The Morgan fingerprint density at radius 2 is 1.14 bits per heavy atom. The molecule has 0 heterocycles. The fraction of sp³-hybridized carbons (Fsp3) is 0.208. The molecule has 0 bridgehead atoms. The van der Waals surface area contributed by atoms with Crippen molar-refractivity contribution < 1.29 is 23.1 Å². The zero-order valence-electron chi connectivity index (χ0n) is 18.0. The summed E-state index contributed by atoms with van der Waals surface area (Å²) in [5, 5.41) is 2.22. The van der Waals surface area contributed by atoms with E-state index < -0.39 is 18.0 Å². The van der Waals surface area contributed by atoms with Gasteiger partial charge in [0.1, 0.15) is 0 Å². The van der Waals surface area contributed by atoms with Crippen molar-refractivity contribution in [2.24, 2.45) is 4.03 Å². The van der Waals surface area contributed by atoms with Gasteiger partial charge < -0.3 is 0 Å². The van der Waals surface area contributed by atoms with Gasteiger partial charge in [0.25, 0.3) is 8.24 Å². The van der Waals surface area contributed by atoms with Gasteiger partial charge in [0.15, 0.2) is 0 Å². The molecular weight excluding hydrogens is 385 g/mol. The van der Waals surface area contributed by atoms with E-state index in [1.54, 1.807) is 6.26 Å². The minimum absolute atomic E-state index is 0. The van der Waals surface area contributed by atoms with Crippen molar-refractivity contribution in [1.29, 1.82) is 0 Å². The van der Waals surface area contributed by atoms with Crippen LogP contribution in [0.15, 0.2) is 95.0 Å². The van der Waals surface area contributed by atoms with E-state index in [2.05, 4.69) is 69.3 Å². The van der Waals surface area contributed by atoms with E-state index in [1.807, 2.05) is 48.2 Å². The smallest absolute Gasteiger partial charge is 0.272 e. The SMILES string of the molecule is CC(C)(C)[Si](N=[S@](C)(=O)[CH-]c1ccccc1)(c1ccccc1)c1ccccc1.[Li+]. The van der Waals surface area contributed by atoms with Gasteiger partial charge in [-0.1, -0.05) is 93.3 Å². The summed E-state index contributed by atoms with van der Waals surface area (Å²) in [6, 6.07) is 30.7. The molecule has 0 saturated heterocycles. The van der Waals surface area contributed by atoms with E-state index in [9.17, 15) is 4.21 Å². The molecule has 2 nitrogen and oxygen atoms in total. The number of benzene rings is 3. The van der Waals surface area contributed by atoms with Crippen molar-refractivity contribution in [3.8, 4) is 0 Å². The largest absolute Gasteiger partial charge is 1.00 e. The summed E-state index contributed by atoms with van der Waals surface area (Å²) < 4.78 is 19.0. The van der Waals surface area contributed by atoms with Crippen molar-refractivity contribution in [3.63, 3.8) is 0 Å². The minimum atomic E-state index is -2.72. The maximum Gasteiger partial charge on any atom is 1.00 e. The van der Waals surface area contributed by atoms with Crippen LogP contribution in [0.5, 0.6) is 0 Å². The molecule has 0 fully saturated rings. The Bertz CT molecular complexity index is 985. The Hall–Kier alpha value is -1.71. The van der Waals surface area contributed by atoms with E-state index >= 15 is 0 Å². The maximum atomic E-state index is 13.8. The molecule has 5 heteroatoms. The van der Waals surface area contributed by atoms with Crippen LogP contribution in [-0.4, -0.2) is 18.7 Å². The third kappa shape index (κ3) is 5.26. The minimum Gasteiger partial charge on any atom is -0.272 e. The monoisotopic (exact) mass is 413 g/mol. The van der Waals surface area contributed by atoms with E-state index in [0.29, 0.717) is 0 Å². The molecule has 0 saturated carbocycles. The van der Waals surface area contributed by atoms with E-state index in [0.717, 1.165) is 5.56 Å². The number of nitrogens with zero attached hydrogens (tertiary/aromatic N) is 1. The molecular formula is C24H28LiNOSSi. The van der Waals surface area contributed by atoms with Crippen molar-refractivity contribution in [3.05, 3.63) is 102 Å². The van der Waals surface area contributed by atoms with Gasteiger partial charge in [-0.2, -0.15) is 17.7 Å². The summed E-state index contributed by atoms with van der Waals surface area (Å²) in [5.41, 5.74) is 0.941. The summed E-state index contributed by atoms with van der Waals surface area (Å²) in [4.78, 5) is 0.